The van der Waals surface area contributed by atoms with Crippen LogP contribution in [0.15, 0.2) is 32.9 Å². The highest BCUT2D eigenvalue weighted by Crippen LogP contribution is 2.38. The number of hydrogen-bond donors (Lipinski definition) is 0. The van der Waals surface area contributed by atoms with E-state index in [1.807, 2.05) is 49.1 Å². The van der Waals surface area contributed by atoms with E-state index in [-0.39, 0.29) is 11.1 Å². The third kappa shape index (κ3) is 3.39. The molecule has 0 saturated carbocycles. The van der Waals surface area contributed by atoms with E-state index in [4.69, 9.17) is 0 Å². The Labute approximate surface area is 164 Å². The van der Waals surface area contributed by atoms with Crippen molar-refractivity contribution >= 4 is 46.4 Å². The third-order valence-electron chi connectivity index (χ3n) is 3.75. The molecule has 126 valence electrons. The van der Waals surface area contributed by atoms with Gasteiger partial charge >= 0.3 is 0 Å². The molecule has 0 unspecified atom stereocenters. The van der Waals surface area contributed by atoms with Gasteiger partial charge in [0.25, 0.3) is 0 Å². The van der Waals surface area contributed by atoms with Crippen molar-refractivity contribution < 1.29 is 0 Å². The van der Waals surface area contributed by atoms with Gasteiger partial charge in [-0.15, -0.1) is 35.3 Å². The predicted molar refractivity (Wildman–Crippen MR) is 107 cm³/mol. The lowest BCUT2D eigenvalue weighted by atomic mass is 10.1. The average Bonchev–Trinajstić information content (AvgIpc) is 2.82. The van der Waals surface area contributed by atoms with Crippen molar-refractivity contribution in [3.05, 3.63) is 28.6 Å². The Hall–Kier alpha value is -2.55. The van der Waals surface area contributed by atoms with Gasteiger partial charge in [-0.1, -0.05) is 0 Å². The molecule has 0 aromatic carbocycles. The fourth-order valence-corrected chi connectivity index (χ4v) is 5.01. The van der Waals surface area contributed by atoms with Gasteiger partial charge in [0.1, 0.15) is 35.4 Å². The molecule has 0 N–H and O–H groups in total. The zero-order valence-electron chi connectivity index (χ0n) is 14.2. The summed E-state index contributed by atoms with van der Waals surface area (Å²) in [7, 11) is 0. The Balaban J connectivity index is 3.27. The lowest BCUT2D eigenvalue weighted by molar-refractivity contribution is 1.30. The van der Waals surface area contributed by atoms with Crippen LogP contribution in [-0.4, -0.2) is 18.8 Å². The fraction of sp³-hybridized carbons (Fsp3) is 0.158. The highest BCUT2D eigenvalue weighted by atomic mass is 32.2. The first-order valence-corrected chi connectivity index (χ1v) is 10.9. The van der Waals surface area contributed by atoms with Gasteiger partial charge in [0.2, 0.25) is 0 Å². The topological polar surface area (TPSA) is 95.2 Å². The molecule has 0 aromatic heterocycles. The summed E-state index contributed by atoms with van der Waals surface area (Å²) in [5.74, 6) is 0. The van der Waals surface area contributed by atoms with Gasteiger partial charge in [-0.3, -0.25) is 0 Å². The minimum Gasteiger partial charge on any atom is -0.192 e. The van der Waals surface area contributed by atoms with Gasteiger partial charge in [-0.25, -0.2) is 0 Å². The maximum atomic E-state index is 9.43. The Morgan fingerprint density at radius 2 is 1.27 bits per heavy atom. The Morgan fingerprint density at radius 1 is 0.692 bits per heavy atom. The van der Waals surface area contributed by atoms with Crippen molar-refractivity contribution in [1.29, 1.82) is 21.0 Å². The second-order valence-corrected chi connectivity index (χ2v) is 7.47. The van der Waals surface area contributed by atoms with E-state index in [0.717, 1.165) is 25.8 Å². The molecular weight excluding hydrogens is 380 g/mol. The maximum absolute atomic E-state index is 9.43. The second kappa shape index (κ2) is 8.70. The zero-order chi connectivity index (χ0) is 19.3. The molecule has 0 spiro atoms. The highest BCUT2D eigenvalue weighted by molar-refractivity contribution is 8.01. The predicted octanol–water partition coefficient (Wildman–Crippen LogP) is 3.35. The highest BCUT2D eigenvalue weighted by Gasteiger charge is 2.21. The number of thioether (sulfide) groups is 3. The molecule has 0 aliphatic heterocycles. The quantitative estimate of drug-likeness (QED) is 0.739. The third-order valence-corrected chi connectivity index (χ3v) is 6.24. The van der Waals surface area contributed by atoms with E-state index < -0.39 is 0 Å². The molecule has 26 heavy (non-hydrogen) atoms. The molecule has 0 aromatic rings. The summed E-state index contributed by atoms with van der Waals surface area (Å²) in [4.78, 5) is 2.65. The number of nitriles is 4. The van der Waals surface area contributed by atoms with Crippen molar-refractivity contribution in [3.63, 3.8) is 0 Å². The second-order valence-electron chi connectivity index (χ2n) is 4.96. The van der Waals surface area contributed by atoms with Gasteiger partial charge in [0, 0.05) is 25.1 Å². The van der Waals surface area contributed by atoms with Gasteiger partial charge in [-0.05, 0) is 48.1 Å². The maximum Gasteiger partial charge on any atom is 0.138 e. The van der Waals surface area contributed by atoms with Crippen molar-refractivity contribution in [2.45, 2.75) is 14.7 Å². The van der Waals surface area contributed by atoms with Crippen molar-refractivity contribution in [1.82, 2.24) is 0 Å². The summed E-state index contributed by atoms with van der Waals surface area (Å²) < 4.78 is 0. The summed E-state index contributed by atoms with van der Waals surface area (Å²) in [6.45, 7) is 0. The van der Waals surface area contributed by atoms with Crippen molar-refractivity contribution in [2.75, 3.05) is 18.8 Å². The van der Waals surface area contributed by atoms with Crippen LogP contribution in [0.5, 0.6) is 0 Å². The van der Waals surface area contributed by atoms with Gasteiger partial charge in [0.05, 0.1) is 0 Å². The lowest BCUT2D eigenvalue weighted by Gasteiger charge is -1.99. The first-order chi connectivity index (χ1) is 12.6. The van der Waals surface area contributed by atoms with Gasteiger partial charge in [-0.2, -0.15) is 21.0 Å². The van der Waals surface area contributed by atoms with Crippen LogP contribution in [0, 0.1) is 45.3 Å². The molecule has 4 nitrogen and oxygen atoms in total. The Kier molecular flexibility index (Phi) is 6.62. The van der Waals surface area contributed by atoms with E-state index in [9.17, 15) is 21.0 Å². The van der Waals surface area contributed by atoms with Gasteiger partial charge in [0.15, 0.2) is 0 Å². The average molecular weight is 393 g/mol. The minimum atomic E-state index is 0.0306. The molecule has 0 atom stereocenters. The lowest BCUT2D eigenvalue weighted by Crippen LogP contribution is -2.06. The molecule has 2 aliphatic rings. The van der Waals surface area contributed by atoms with Crippen molar-refractivity contribution in [3.8, 4) is 35.4 Å². The summed E-state index contributed by atoms with van der Waals surface area (Å²) in [5.41, 5.74) is 1.70. The molecule has 0 radical (unpaired) electrons. The van der Waals surface area contributed by atoms with E-state index in [1.165, 1.54) is 35.3 Å². The fourth-order valence-electron chi connectivity index (χ4n) is 2.64. The standard InChI is InChI=1S/C19H12N4S3/c1-24-14-4-11(12(7-20)8-21)5-16-15(6-14)17(13(9-22)10-23)19(26-3)18(16)25-2/h4-6H,1-3H3. The van der Waals surface area contributed by atoms with Crippen LogP contribution < -0.4 is 10.4 Å². The molecule has 0 heterocycles. The molecule has 0 amide bonds. The minimum absolute atomic E-state index is 0.0306. The van der Waals surface area contributed by atoms with E-state index >= 15 is 0 Å². The molecule has 2 aliphatic carbocycles. The van der Waals surface area contributed by atoms with E-state index in [0.29, 0.717) is 10.4 Å². The first-order valence-electron chi connectivity index (χ1n) is 7.21. The number of rotatable bonds is 3. The van der Waals surface area contributed by atoms with E-state index in [2.05, 4.69) is 0 Å². The molecule has 2 rings (SSSR count). The normalized spacial score (nSPS) is 9.65. The van der Waals surface area contributed by atoms with Crippen LogP contribution >= 0.6 is 35.3 Å². The molecule has 0 saturated heterocycles. The van der Waals surface area contributed by atoms with Crippen LogP contribution in [0.25, 0.3) is 22.3 Å². The number of fused-ring (bicyclic) bond motifs is 1. The van der Waals surface area contributed by atoms with E-state index in [1.54, 1.807) is 12.1 Å². The summed E-state index contributed by atoms with van der Waals surface area (Å²) in [6, 6.07) is 13.4. The summed E-state index contributed by atoms with van der Waals surface area (Å²) >= 11 is 4.47. The van der Waals surface area contributed by atoms with Crippen LogP contribution in [0.2, 0.25) is 0 Å². The smallest absolute Gasteiger partial charge is 0.138 e. The van der Waals surface area contributed by atoms with Crippen LogP contribution in [0.3, 0.4) is 0 Å². The summed E-state index contributed by atoms with van der Waals surface area (Å²) in [5, 5.41) is 38.6. The molecule has 7 heteroatoms. The number of hydrogen-bond acceptors (Lipinski definition) is 7. The Bertz CT molecular complexity index is 1110. The van der Waals surface area contributed by atoms with Crippen LogP contribution in [0.1, 0.15) is 0 Å². The first kappa shape index (κ1) is 19.8. The van der Waals surface area contributed by atoms with Crippen molar-refractivity contribution in [2.24, 2.45) is 0 Å². The van der Waals surface area contributed by atoms with Crippen LogP contribution in [0.4, 0.5) is 0 Å². The zero-order valence-corrected chi connectivity index (χ0v) is 16.7. The number of nitrogens with zero attached hydrogens (tertiary/aromatic N) is 4. The monoisotopic (exact) mass is 392 g/mol. The SMILES string of the molecule is CSc1cc2c(=C(C#N)C#N)c(SC)c(SC)c-2cc(=C(C#N)C#N)c1. The van der Waals surface area contributed by atoms with Gasteiger partial charge < -0.3 is 0 Å². The molecule has 0 fully saturated rings. The van der Waals surface area contributed by atoms with Crippen LogP contribution in [-0.2, 0) is 0 Å². The molecular formula is C19H12N4S3. The molecule has 0 bridgehead atoms. The largest absolute Gasteiger partial charge is 0.192 e. The summed E-state index contributed by atoms with van der Waals surface area (Å²) in [6.07, 6.45) is 5.73. The Morgan fingerprint density at radius 3 is 1.73 bits per heavy atom.